The summed E-state index contributed by atoms with van der Waals surface area (Å²) in [6.45, 7) is 5.62. The van der Waals surface area contributed by atoms with Crippen LogP contribution in [0.2, 0.25) is 0 Å². The van der Waals surface area contributed by atoms with Gasteiger partial charge in [0.2, 0.25) is 0 Å². The van der Waals surface area contributed by atoms with Crippen molar-refractivity contribution in [3.63, 3.8) is 0 Å². The molecule has 26 heavy (non-hydrogen) atoms. The molecule has 0 aromatic heterocycles. The van der Waals surface area contributed by atoms with Crippen molar-refractivity contribution < 1.29 is 0 Å². The molecule has 3 rings (SSSR count). The molecular formula is C25H37N. The fraction of sp³-hybridized carbons (Fsp3) is 0.520. The van der Waals surface area contributed by atoms with E-state index < -0.39 is 0 Å². The number of fused-ring (bicyclic) bond motifs is 1. The van der Waals surface area contributed by atoms with Crippen molar-refractivity contribution in [2.45, 2.75) is 78.1 Å². The first kappa shape index (κ1) is 20.6. The van der Waals surface area contributed by atoms with Crippen LogP contribution in [-0.4, -0.2) is 6.54 Å². The molecule has 0 spiro atoms. The molecule has 2 aromatic carbocycles. The van der Waals surface area contributed by atoms with E-state index in [4.69, 9.17) is 0 Å². The fourth-order valence-electron chi connectivity index (χ4n) is 3.58. The third-order valence-electron chi connectivity index (χ3n) is 5.14. The van der Waals surface area contributed by atoms with Crippen LogP contribution >= 0.6 is 0 Å². The van der Waals surface area contributed by atoms with E-state index in [1.54, 1.807) is 0 Å². The molecule has 0 radical (unpaired) electrons. The van der Waals surface area contributed by atoms with Crippen LogP contribution in [0.15, 0.2) is 48.5 Å². The van der Waals surface area contributed by atoms with Crippen LogP contribution in [0.5, 0.6) is 0 Å². The van der Waals surface area contributed by atoms with Crippen molar-refractivity contribution in [2.24, 2.45) is 0 Å². The molecule has 1 aliphatic heterocycles. The van der Waals surface area contributed by atoms with E-state index in [-0.39, 0.29) is 0 Å². The smallest absolute Gasteiger partial charge is 0.0453 e. The lowest BCUT2D eigenvalue weighted by Crippen LogP contribution is -1.93. The van der Waals surface area contributed by atoms with Gasteiger partial charge in [0.1, 0.15) is 0 Å². The zero-order valence-electron chi connectivity index (χ0n) is 16.9. The summed E-state index contributed by atoms with van der Waals surface area (Å²) in [5.41, 5.74) is 5.38. The SMILES string of the molecule is CCCCCCCCCCC.c1ccc(-c2cccc3c2NCC3)cc1. The average molecular weight is 352 g/mol. The van der Waals surface area contributed by atoms with Crippen molar-refractivity contribution in [2.75, 3.05) is 11.9 Å². The molecule has 142 valence electrons. The molecule has 1 N–H and O–H groups in total. The minimum absolute atomic E-state index is 1.07. The van der Waals surface area contributed by atoms with E-state index >= 15 is 0 Å². The number of hydrogen-bond donors (Lipinski definition) is 1. The lowest BCUT2D eigenvalue weighted by molar-refractivity contribution is 0.572. The maximum absolute atomic E-state index is 3.47. The largest absolute Gasteiger partial charge is 0.384 e. The number of anilines is 1. The summed E-state index contributed by atoms with van der Waals surface area (Å²) < 4.78 is 0. The minimum Gasteiger partial charge on any atom is -0.384 e. The Morgan fingerprint density at radius 1 is 0.692 bits per heavy atom. The standard InChI is InChI=1S/C14H13N.C11H24/c1-2-5-11(6-3-1)13-8-4-7-12-9-10-15-14(12)13;1-3-5-7-9-11-10-8-6-4-2/h1-8,15H,9-10H2;3-11H2,1-2H3. The molecule has 0 bridgehead atoms. The highest BCUT2D eigenvalue weighted by atomic mass is 14.9. The van der Waals surface area contributed by atoms with Crippen molar-refractivity contribution in [1.82, 2.24) is 0 Å². The molecule has 1 heterocycles. The molecule has 0 amide bonds. The zero-order valence-corrected chi connectivity index (χ0v) is 16.9. The Morgan fingerprint density at radius 3 is 1.92 bits per heavy atom. The van der Waals surface area contributed by atoms with Crippen LogP contribution in [-0.2, 0) is 6.42 Å². The van der Waals surface area contributed by atoms with Crippen molar-refractivity contribution >= 4 is 5.69 Å². The van der Waals surface area contributed by atoms with Crippen molar-refractivity contribution in [3.05, 3.63) is 54.1 Å². The molecule has 0 unspecified atom stereocenters. The molecular weight excluding hydrogens is 314 g/mol. The van der Waals surface area contributed by atoms with Gasteiger partial charge in [0, 0.05) is 17.8 Å². The van der Waals surface area contributed by atoms with Gasteiger partial charge in [-0.3, -0.25) is 0 Å². The summed E-state index contributed by atoms with van der Waals surface area (Å²) in [4.78, 5) is 0. The van der Waals surface area contributed by atoms with E-state index in [0.29, 0.717) is 0 Å². The van der Waals surface area contributed by atoms with E-state index in [1.165, 1.54) is 80.2 Å². The van der Waals surface area contributed by atoms with Crippen LogP contribution in [0.4, 0.5) is 5.69 Å². The van der Waals surface area contributed by atoms with Gasteiger partial charge in [-0.1, -0.05) is 120 Å². The second-order valence-corrected chi connectivity index (χ2v) is 7.36. The van der Waals surface area contributed by atoms with E-state index in [2.05, 4.69) is 67.7 Å². The van der Waals surface area contributed by atoms with Crippen LogP contribution < -0.4 is 5.32 Å². The molecule has 0 saturated heterocycles. The maximum Gasteiger partial charge on any atom is 0.0453 e. The number of nitrogens with one attached hydrogen (secondary N) is 1. The Morgan fingerprint density at radius 2 is 1.31 bits per heavy atom. The highest BCUT2D eigenvalue weighted by molar-refractivity contribution is 5.81. The summed E-state index contributed by atoms with van der Waals surface area (Å²) in [5, 5.41) is 3.47. The van der Waals surface area contributed by atoms with Gasteiger partial charge in [-0.2, -0.15) is 0 Å². The second-order valence-electron chi connectivity index (χ2n) is 7.36. The number of hydrogen-bond acceptors (Lipinski definition) is 1. The van der Waals surface area contributed by atoms with Crippen LogP contribution in [0.25, 0.3) is 11.1 Å². The zero-order chi connectivity index (χ0) is 18.5. The van der Waals surface area contributed by atoms with Crippen LogP contribution in [0.3, 0.4) is 0 Å². The van der Waals surface area contributed by atoms with Crippen molar-refractivity contribution in [3.8, 4) is 11.1 Å². The molecule has 1 nitrogen and oxygen atoms in total. The third kappa shape index (κ3) is 6.86. The summed E-state index contributed by atoms with van der Waals surface area (Å²) in [7, 11) is 0. The average Bonchev–Trinajstić information content (AvgIpc) is 3.17. The molecule has 1 heteroatoms. The lowest BCUT2D eigenvalue weighted by Gasteiger charge is -2.08. The van der Waals surface area contributed by atoms with Gasteiger partial charge in [-0.05, 0) is 17.5 Å². The Bertz CT molecular complexity index is 595. The van der Waals surface area contributed by atoms with Gasteiger partial charge >= 0.3 is 0 Å². The van der Waals surface area contributed by atoms with Gasteiger partial charge in [-0.15, -0.1) is 0 Å². The number of rotatable bonds is 9. The predicted molar refractivity (Wildman–Crippen MR) is 117 cm³/mol. The number of para-hydroxylation sites is 1. The van der Waals surface area contributed by atoms with Gasteiger partial charge in [0.25, 0.3) is 0 Å². The molecule has 1 aliphatic rings. The van der Waals surface area contributed by atoms with Gasteiger partial charge in [0.05, 0.1) is 0 Å². The topological polar surface area (TPSA) is 12.0 Å². The predicted octanol–water partition coefficient (Wildman–Crippen LogP) is 7.86. The summed E-state index contributed by atoms with van der Waals surface area (Å²) in [6.07, 6.45) is 14.1. The van der Waals surface area contributed by atoms with Crippen LogP contribution in [0, 0.1) is 0 Å². The molecule has 0 saturated carbocycles. The molecule has 0 aliphatic carbocycles. The minimum atomic E-state index is 1.07. The van der Waals surface area contributed by atoms with Crippen molar-refractivity contribution in [1.29, 1.82) is 0 Å². The molecule has 0 atom stereocenters. The maximum atomic E-state index is 3.47. The summed E-state index contributed by atoms with van der Waals surface area (Å²) in [5.74, 6) is 0. The van der Waals surface area contributed by atoms with Crippen LogP contribution in [0.1, 0.15) is 77.2 Å². The monoisotopic (exact) mass is 351 g/mol. The Balaban J connectivity index is 0.000000199. The highest BCUT2D eigenvalue weighted by Crippen LogP contribution is 2.33. The van der Waals surface area contributed by atoms with Gasteiger partial charge in [-0.25, -0.2) is 0 Å². The molecule has 0 fully saturated rings. The van der Waals surface area contributed by atoms with Gasteiger partial charge in [0.15, 0.2) is 0 Å². The Labute approximate surface area is 161 Å². The normalized spacial score (nSPS) is 12.1. The first-order valence-electron chi connectivity index (χ1n) is 10.8. The summed E-state index contributed by atoms with van der Waals surface area (Å²) in [6, 6.07) is 17.1. The number of unbranched alkanes of at least 4 members (excludes halogenated alkanes) is 8. The van der Waals surface area contributed by atoms with Gasteiger partial charge < -0.3 is 5.32 Å². The highest BCUT2D eigenvalue weighted by Gasteiger charge is 2.13. The fourth-order valence-corrected chi connectivity index (χ4v) is 3.58. The Kier molecular flexibility index (Phi) is 9.94. The van der Waals surface area contributed by atoms with E-state index in [9.17, 15) is 0 Å². The first-order chi connectivity index (χ1) is 12.9. The summed E-state index contributed by atoms with van der Waals surface area (Å²) >= 11 is 0. The lowest BCUT2D eigenvalue weighted by atomic mass is 10.0. The Hall–Kier alpha value is -1.76. The second kappa shape index (κ2) is 12.6. The quantitative estimate of drug-likeness (QED) is 0.453. The van der Waals surface area contributed by atoms with E-state index in [0.717, 1.165) is 13.0 Å². The van der Waals surface area contributed by atoms with E-state index in [1.807, 2.05) is 0 Å². The molecule has 2 aromatic rings. The third-order valence-corrected chi connectivity index (χ3v) is 5.14. The number of benzene rings is 2. The first-order valence-corrected chi connectivity index (χ1v) is 10.8.